The van der Waals surface area contributed by atoms with Gasteiger partial charge in [0.1, 0.15) is 17.7 Å². The van der Waals surface area contributed by atoms with E-state index in [0.717, 1.165) is 0 Å². The number of hydrogen-bond donors (Lipinski definition) is 0. The summed E-state index contributed by atoms with van der Waals surface area (Å²) in [5.41, 5.74) is 0.241. The molecule has 0 bridgehead atoms. The summed E-state index contributed by atoms with van der Waals surface area (Å²) in [7, 11) is 0. The normalized spacial score (nSPS) is 9.27. The molecule has 1 aromatic heterocycles. The van der Waals surface area contributed by atoms with Gasteiger partial charge in [-0.3, -0.25) is 0 Å². The van der Waals surface area contributed by atoms with Crippen molar-refractivity contribution in [2.24, 2.45) is 0 Å². The molecule has 1 aromatic rings. The van der Waals surface area contributed by atoms with Crippen LogP contribution in [-0.4, -0.2) is 15.9 Å². The minimum atomic E-state index is -0.647. The molecule has 0 saturated carbocycles. The number of aromatic nitrogens is 2. The quantitative estimate of drug-likeness (QED) is 0.637. The molecule has 0 atom stereocenters. The fourth-order valence-corrected chi connectivity index (χ4v) is 0.632. The Labute approximate surface area is 68.4 Å². The molecular weight excluding hydrogens is 168 g/mol. The standard InChI is InChI=1S/C6H5ClN2O2/c1-4-8-2-5(3-9-4)6(10)11-7/h2-3H,1H3. The Bertz CT molecular complexity index is 260. The second kappa shape index (κ2) is 3.30. The van der Waals surface area contributed by atoms with E-state index < -0.39 is 5.97 Å². The van der Waals surface area contributed by atoms with Crippen molar-refractivity contribution in [2.75, 3.05) is 0 Å². The Balaban J connectivity index is 2.90. The van der Waals surface area contributed by atoms with Gasteiger partial charge in [0, 0.05) is 12.4 Å². The van der Waals surface area contributed by atoms with E-state index in [1.54, 1.807) is 6.92 Å². The van der Waals surface area contributed by atoms with E-state index in [-0.39, 0.29) is 5.56 Å². The van der Waals surface area contributed by atoms with Crippen molar-refractivity contribution >= 4 is 17.8 Å². The zero-order chi connectivity index (χ0) is 8.27. The van der Waals surface area contributed by atoms with E-state index in [1.807, 2.05) is 0 Å². The summed E-state index contributed by atoms with van der Waals surface area (Å²) >= 11 is 4.82. The summed E-state index contributed by atoms with van der Waals surface area (Å²) in [4.78, 5) is 18.2. The smallest absolute Gasteiger partial charge is 0.343 e. The molecule has 0 saturated heterocycles. The molecule has 0 aromatic carbocycles. The molecule has 5 heteroatoms. The van der Waals surface area contributed by atoms with Gasteiger partial charge in [-0.2, -0.15) is 0 Å². The first kappa shape index (κ1) is 7.94. The predicted molar refractivity (Wildman–Crippen MR) is 38.0 cm³/mol. The first-order valence-electron chi connectivity index (χ1n) is 2.85. The minimum Gasteiger partial charge on any atom is -0.343 e. The Hall–Kier alpha value is -1.16. The maximum Gasteiger partial charge on any atom is 0.359 e. The van der Waals surface area contributed by atoms with Gasteiger partial charge in [-0.05, 0) is 6.92 Å². The fourth-order valence-electron chi connectivity index (χ4n) is 0.543. The van der Waals surface area contributed by atoms with Crippen LogP contribution in [0.1, 0.15) is 16.2 Å². The van der Waals surface area contributed by atoms with Crippen molar-refractivity contribution < 1.29 is 9.08 Å². The van der Waals surface area contributed by atoms with Crippen LogP contribution in [0.5, 0.6) is 0 Å². The average Bonchev–Trinajstić information content (AvgIpc) is 2.05. The van der Waals surface area contributed by atoms with E-state index >= 15 is 0 Å². The molecule has 1 rings (SSSR count). The molecular formula is C6H5ClN2O2. The van der Waals surface area contributed by atoms with E-state index in [1.165, 1.54) is 12.4 Å². The van der Waals surface area contributed by atoms with Gasteiger partial charge in [0.2, 0.25) is 0 Å². The van der Waals surface area contributed by atoms with Gasteiger partial charge in [0.15, 0.2) is 0 Å². The molecule has 0 amide bonds. The fraction of sp³-hybridized carbons (Fsp3) is 0.167. The summed E-state index contributed by atoms with van der Waals surface area (Å²) in [6.07, 6.45) is 2.71. The number of rotatable bonds is 1. The molecule has 58 valence electrons. The highest BCUT2D eigenvalue weighted by molar-refractivity contribution is 6.15. The maximum atomic E-state index is 10.7. The molecule has 1 heterocycles. The second-order valence-electron chi connectivity index (χ2n) is 1.88. The molecule has 4 nitrogen and oxygen atoms in total. The SMILES string of the molecule is Cc1ncc(C(=O)OCl)cn1. The molecule has 11 heavy (non-hydrogen) atoms. The lowest BCUT2D eigenvalue weighted by Gasteiger charge is -1.94. The summed E-state index contributed by atoms with van der Waals surface area (Å²) < 4.78 is 3.93. The molecule has 0 aliphatic heterocycles. The molecule has 0 radical (unpaired) electrons. The van der Waals surface area contributed by atoms with Gasteiger partial charge in [-0.1, -0.05) is 0 Å². The number of halogens is 1. The van der Waals surface area contributed by atoms with Crippen LogP contribution in [0.15, 0.2) is 12.4 Å². The van der Waals surface area contributed by atoms with Crippen molar-refractivity contribution in [3.63, 3.8) is 0 Å². The Morgan fingerprint density at radius 2 is 2.09 bits per heavy atom. The maximum absolute atomic E-state index is 10.7. The van der Waals surface area contributed by atoms with E-state index in [2.05, 4.69) is 14.3 Å². The average molecular weight is 173 g/mol. The third kappa shape index (κ3) is 1.88. The lowest BCUT2D eigenvalue weighted by Crippen LogP contribution is -2.00. The van der Waals surface area contributed by atoms with Crippen LogP contribution in [0, 0.1) is 6.92 Å². The first-order chi connectivity index (χ1) is 5.24. The Morgan fingerprint density at radius 3 is 2.55 bits per heavy atom. The zero-order valence-electron chi connectivity index (χ0n) is 5.74. The number of hydrogen-bond acceptors (Lipinski definition) is 4. The highest BCUT2D eigenvalue weighted by atomic mass is 35.5. The van der Waals surface area contributed by atoms with Gasteiger partial charge in [0.25, 0.3) is 0 Å². The van der Waals surface area contributed by atoms with Gasteiger partial charge in [-0.25, -0.2) is 14.8 Å². The predicted octanol–water partition coefficient (Wildman–Crippen LogP) is 1.10. The zero-order valence-corrected chi connectivity index (χ0v) is 6.50. The number of carbonyl (C=O) groups excluding carboxylic acids is 1. The topological polar surface area (TPSA) is 52.1 Å². The monoisotopic (exact) mass is 172 g/mol. The number of aryl methyl sites for hydroxylation is 1. The minimum absolute atomic E-state index is 0.241. The molecule has 0 spiro atoms. The molecule has 0 fully saturated rings. The molecule has 0 aliphatic rings. The van der Waals surface area contributed by atoms with Crippen molar-refractivity contribution in [3.8, 4) is 0 Å². The largest absolute Gasteiger partial charge is 0.359 e. The van der Waals surface area contributed by atoms with Crippen molar-refractivity contribution in [3.05, 3.63) is 23.8 Å². The lowest BCUT2D eigenvalue weighted by atomic mass is 10.3. The van der Waals surface area contributed by atoms with E-state index in [4.69, 9.17) is 11.9 Å². The summed E-state index contributed by atoms with van der Waals surface area (Å²) in [5, 5.41) is 0. The summed E-state index contributed by atoms with van der Waals surface area (Å²) in [6.45, 7) is 1.72. The van der Waals surface area contributed by atoms with Crippen LogP contribution in [0.3, 0.4) is 0 Å². The second-order valence-corrected chi connectivity index (χ2v) is 2.04. The van der Waals surface area contributed by atoms with Crippen LogP contribution >= 0.6 is 11.9 Å². The van der Waals surface area contributed by atoms with Crippen molar-refractivity contribution in [2.45, 2.75) is 6.92 Å². The number of carbonyl (C=O) groups is 1. The Morgan fingerprint density at radius 1 is 1.55 bits per heavy atom. The Kier molecular flexibility index (Phi) is 2.38. The van der Waals surface area contributed by atoms with Crippen LogP contribution in [0.4, 0.5) is 0 Å². The van der Waals surface area contributed by atoms with E-state index in [0.29, 0.717) is 5.82 Å². The van der Waals surface area contributed by atoms with E-state index in [9.17, 15) is 4.79 Å². The van der Waals surface area contributed by atoms with Crippen LogP contribution in [0.25, 0.3) is 0 Å². The highest BCUT2D eigenvalue weighted by Crippen LogP contribution is 1.99. The summed E-state index contributed by atoms with van der Waals surface area (Å²) in [5.74, 6) is -0.0530. The van der Waals surface area contributed by atoms with Crippen LogP contribution in [-0.2, 0) is 4.29 Å². The third-order valence-electron chi connectivity index (χ3n) is 1.09. The highest BCUT2D eigenvalue weighted by Gasteiger charge is 2.05. The molecule has 0 N–H and O–H groups in total. The van der Waals surface area contributed by atoms with Crippen LogP contribution in [0.2, 0.25) is 0 Å². The van der Waals surface area contributed by atoms with Gasteiger partial charge in [0.05, 0.1) is 5.56 Å². The first-order valence-corrected chi connectivity index (χ1v) is 3.16. The van der Waals surface area contributed by atoms with Crippen molar-refractivity contribution in [1.82, 2.24) is 9.97 Å². The van der Waals surface area contributed by atoms with Crippen LogP contribution < -0.4 is 0 Å². The van der Waals surface area contributed by atoms with Crippen molar-refractivity contribution in [1.29, 1.82) is 0 Å². The number of nitrogens with zero attached hydrogens (tertiary/aromatic N) is 2. The molecule has 0 aliphatic carbocycles. The molecule has 0 unspecified atom stereocenters. The summed E-state index contributed by atoms with van der Waals surface area (Å²) in [6, 6.07) is 0. The third-order valence-corrected chi connectivity index (χ3v) is 1.23. The van der Waals surface area contributed by atoms with Gasteiger partial charge in [-0.15, -0.1) is 0 Å². The lowest BCUT2D eigenvalue weighted by molar-refractivity contribution is 0.0750. The van der Waals surface area contributed by atoms with Gasteiger partial charge < -0.3 is 4.29 Å². The van der Waals surface area contributed by atoms with Gasteiger partial charge >= 0.3 is 5.97 Å².